The van der Waals surface area contributed by atoms with Gasteiger partial charge in [-0.15, -0.1) is 0 Å². The molecule has 7 heteroatoms. The third kappa shape index (κ3) is 4.24. The first-order valence-corrected chi connectivity index (χ1v) is 9.23. The van der Waals surface area contributed by atoms with Gasteiger partial charge in [-0.1, -0.05) is 36.9 Å². The van der Waals surface area contributed by atoms with Crippen LogP contribution in [0.25, 0.3) is 0 Å². The molecule has 0 aromatic heterocycles. The van der Waals surface area contributed by atoms with Crippen molar-refractivity contribution in [3.8, 4) is 0 Å². The van der Waals surface area contributed by atoms with Gasteiger partial charge < -0.3 is 15.1 Å². The van der Waals surface area contributed by atoms with Gasteiger partial charge in [0.2, 0.25) is 0 Å². The van der Waals surface area contributed by atoms with Crippen molar-refractivity contribution in [1.29, 1.82) is 0 Å². The van der Waals surface area contributed by atoms with Crippen molar-refractivity contribution in [3.05, 3.63) is 34.6 Å². The van der Waals surface area contributed by atoms with Gasteiger partial charge in [-0.05, 0) is 25.0 Å². The van der Waals surface area contributed by atoms with E-state index >= 15 is 0 Å². The highest BCUT2D eigenvalue weighted by atomic mass is 35.5. The van der Waals surface area contributed by atoms with Crippen LogP contribution in [0.5, 0.6) is 0 Å². The summed E-state index contributed by atoms with van der Waals surface area (Å²) in [6.07, 6.45) is 5.64. The third-order valence-corrected chi connectivity index (χ3v) is 5.28. The highest BCUT2D eigenvalue weighted by Gasteiger charge is 2.28. The Morgan fingerprint density at radius 2 is 1.68 bits per heavy atom. The first-order valence-electron chi connectivity index (χ1n) is 8.85. The van der Waals surface area contributed by atoms with Crippen LogP contribution in [0.3, 0.4) is 0 Å². The average molecular weight is 368 g/mol. The first-order chi connectivity index (χ1) is 12.1. The predicted octanol–water partition coefficient (Wildman–Crippen LogP) is 3.28. The summed E-state index contributed by atoms with van der Waals surface area (Å²) in [6, 6.07) is 4.40. The Kier molecular flexibility index (Phi) is 5.78. The largest absolute Gasteiger partial charge is 0.335 e. The van der Waals surface area contributed by atoms with Crippen LogP contribution in [0.4, 0.5) is 9.18 Å². The molecule has 0 radical (unpaired) electrons. The van der Waals surface area contributed by atoms with E-state index in [-0.39, 0.29) is 22.7 Å². The van der Waals surface area contributed by atoms with E-state index in [2.05, 4.69) is 5.32 Å². The van der Waals surface area contributed by atoms with Crippen molar-refractivity contribution in [1.82, 2.24) is 15.1 Å². The molecular weight excluding hydrogens is 345 g/mol. The van der Waals surface area contributed by atoms with E-state index in [1.54, 1.807) is 9.80 Å². The molecule has 0 atom stereocenters. The quantitative estimate of drug-likeness (QED) is 0.872. The maximum atomic E-state index is 13.9. The molecule has 0 unspecified atom stereocenters. The van der Waals surface area contributed by atoms with Gasteiger partial charge in [-0.3, -0.25) is 4.79 Å². The minimum absolute atomic E-state index is 0.0667. The molecule has 1 aliphatic heterocycles. The van der Waals surface area contributed by atoms with Gasteiger partial charge in [0.25, 0.3) is 5.91 Å². The number of nitrogens with one attached hydrogen (secondary N) is 1. The lowest BCUT2D eigenvalue weighted by Gasteiger charge is -2.36. The first kappa shape index (κ1) is 18.0. The Hall–Kier alpha value is -1.82. The summed E-state index contributed by atoms with van der Waals surface area (Å²) >= 11 is 5.97. The second kappa shape index (κ2) is 8.04. The number of urea groups is 1. The SMILES string of the molecule is O=C(NC1CCCCC1)N1CCN(C(=O)c2c(F)cccc2Cl)CC1. The van der Waals surface area contributed by atoms with E-state index in [0.717, 1.165) is 25.7 Å². The standard InChI is InChI=1S/C18H23ClFN3O2/c19-14-7-4-8-15(20)16(14)17(24)22-9-11-23(12-10-22)18(25)21-13-5-2-1-3-6-13/h4,7-8,13H,1-3,5-6,9-12H2,(H,21,25). The van der Waals surface area contributed by atoms with E-state index in [1.807, 2.05) is 0 Å². The molecule has 25 heavy (non-hydrogen) atoms. The number of benzene rings is 1. The number of carbonyl (C=O) groups excluding carboxylic acids is 2. The molecule has 3 rings (SSSR count). The zero-order valence-electron chi connectivity index (χ0n) is 14.1. The molecule has 136 valence electrons. The number of carbonyl (C=O) groups is 2. The molecule has 3 amide bonds. The van der Waals surface area contributed by atoms with Crippen LogP contribution in [0.2, 0.25) is 5.02 Å². The molecule has 0 bridgehead atoms. The summed E-state index contributed by atoms with van der Waals surface area (Å²) in [6.45, 7) is 1.63. The van der Waals surface area contributed by atoms with Crippen molar-refractivity contribution in [2.75, 3.05) is 26.2 Å². The van der Waals surface area contributed by atoms with Gasteiger partial charge in [-0.2, -0.15) is 0 Å². The lowest BCUT2D eigenvalue weighted by molar-refractivity contribution is 0.0658. The Bertz CT molecular complexity index is 621. The van der Waals surface area contributed by atoms with Crippen molar-refractivity contribution in [2.24, 2.45) is 0 Å². The molecule has 1 aliphatic carbocycles. The fraction of sp³-hybridized carbons (Fsp3) is 0.556. The Labute approximate surface area is 152 Å². The Morgan fingerprint density at radius 1 is 1.04 bits per heavy atom. The number of hydrogen-bond acceptors (Lipinski definition) is 2. The van der Waals surface area contributed by atoms with Crippen LogP contribution < -0.4 is 5.32 Å². The molecule has 2 aliphatic rings. The highest BCUT2D eigenvalue weighted by Crippen LogP contribution is 2.22. The lowest BCUT2D eigenvalue weighted by Crippen LogP contribution is -2.54. The van der Waals surface area contributed by atoms with Gasteiger partial charge in [-0.25, -0.2) is 9.18 Å². The van der Waals surface area contributed by atoms with E-state index in [4.69, 9.17) is 11.6 Å². The fourth-order valence-electron chi connectivity index (χ4n) is 3.49. The number of amides is 3. The monoisotopic (exact) mass is 367 g/mol. The van der Waals surface area contributed by atoms with Crippen molar-refractivity contribution in [3.63, 3.8) is 0 Å². The normalized spacial score (nSPS) is 19.0. The van der Waals surface area contributed by atoms with Crippen LogP contribution in [-0.2, 0) is 0 Å². The number of halogens is 2. The molecule has 1 N–H and O–H groups in total. The predicted molar refractivity (Wildman–Crippen MR) is 94.3 cm³/mol. The smallest absolute Gasteiger partial charge is 0.317 e. The van der Waals surface area contributed by atoms with E-state index in [9.17, 15) is 14.0 Å². The Balaban J connectivity index is 1.54. The zero-order valence-corrected chi connectivity index (χ0v) is 14.9. The zero-order chi connectivity index (χ0) is 17.8. The second-order valence-corrected chi connectivity index (χ2v) is 7.07. The number of rotatable bonds is 2. The fourth-order valence-corrected chi connectivity index (χ4v) is 3.73. The van der Waals surface area contributed by atoms with Crippen molar-refractivity contribution < 1.29 is 14.0 Å². The van der Waals surface area contributed by atoms with Crippen molar-refractivity contribution >= 4 is 23.5 Å². The van der Waals surface area contributed by atoms with Crippen molar-refractivity contribution in [2.45, 2.75) is 38.1 Å². The summed E-state index contributed by atoms with van der Waals surface area (Å²) in [5.41, 5.74) is -0.0933. The molecule has 2 fully saturated rings. The third-order valence-electron chi connectivity index (χ3n) is 4.96. The van der Waals surface area contributed by atoms with Gasteiger partial charge in [0.05, 0.1) is 10.6 Å². The molecule has 1 aromatic carbocycles. The molecule has 1 saturated carbocycles. The second-order valence-electron chi connectivity index (χ2n) is 6.66. The minimum Gasteiger partial charge on any atom is -0.335 e. The maximum absolute atomic E-state index is 13.9. The number of piperazine rings is 1. The van der Waals surface area contributed by atoms with Crippen LogP contribution in [0.1, 0.15) is 42.5 Å². The topological polar surface area (TPSA) is 52.7 Å². The maximum Gasteiger partial charge on any atom is 0.317 e. The minimum atomic E-state index is -0.616. The Morgan fingerprint density at radius 3 is 2.32 bits per heavy atom. The van der Waals surface area contributed by atoms with Crippen LogP contribution in [0, 0.1) is 5.82 Å². The number of nitrogens with zero attached hydrogens (tertiary/aromatic N) is 2. The molecule has 1 aromatic rings. The summed E-state index contributed by atoms with van der Waals surface area (Å²) in [7, 11) is 0. The lowest BCUT2D eigenvalue weighted by atomic mass is 9.96. The van der Waals surface area contributed by atoms with E-state index in [0.29, 0.717) is 26.2 Å². The summed E-state index contributed by atoms with van der Waals surface area (Å²) in [5, 5.41) is 3.20. The summed E-state index contributed by atoms with van der Waals surface area (Å²) in [5.74, 6) is -1.04. The van der Waals surface area contributed by atoms with E-state index in [1.165, 1.54) is 24.6 Å². The van der Waals surface area contributed by atoms with Gasteiger partial charge >= 0.3 is 6.03 Å². The van der Waals surface area contributed by atoms with Crippen LogP contribution in [-0.4, -0.2) is 54.0 Å². The van der Waals surface area contributed by atoms with Gasteiger partial charge in [0.15, 0.2) is 0 Å². The number of hydrogen-bond donors (Lipinski definition) is 1. The summed E-state index contributed by atoms with van der Waals surface area (Å²) < 4.78 is 13.9. The van der Waals surface area contributed by atoms with E-state index < -0.39 is 11.7 Å². The van der Waals surface area contributed by atoms with Crippen LogP contribution in [0.15, 0.2) is 18.2 Å². The van der Waals surface area contributed by atoms with Gasteiger partial charge in [0.1, 0.15) is 5.82 Å². The molecule has 1 heterocycles. The molecule has 1 saturated heterocycles. The van der Waals surface area contributed by atoms with Crippen LogP contribution >= 0.6 is 11.6 Å². The van der Waals surface area contributed by atoms with Gasteiger partial charge in [0, 0.05) is 32.2 Å². The average Bonchev–Trinajstić information content (AvgIpc) is 2.62. The highest BCUT2D eigenvalue weighted by molar-refractivity contribution is 6.33. The molecule has 0 spiro atoms. The molecule has 5 nitrogen and oxygen atoms in total. The summed E-state index contributed by atoms with van der Waals surface area (Å²) in [4.78, 5) is 28.1. The molecular formula is C18H23ClFN3O2.